The maximum atomic E-state index is 12.0. The van der Waals surface area contributed by atoms with Crippen molar-refractivity contribution in [2.75, 3.05) is 17.7 Å². The predicted octanol–water partition coefficient (Wildman–Crippen LogP) is 0.730. The van der Waals surface area contributed by atoms with Gasteiger partial charge in [-0.25, -0.2) is 0 Å². The van der Waals surface area contributed by atoms with Gasteiger partial charge in [0.2, 0.25) is 0 Å². The lowest BCUT2D eigenvalue weighted by Gasteiger charge is -2.15. The fourth-order valence-electron chi connectivity index (χ4n) is 1.30. The van der Waals surface area contributed by atoms with Crippen molar-refractivity contribution < 1.29 is 4.79 Å². The Balaban J connectivity index is 2.23. The Hall–Kier alpha value is -2.50. The summed E-state index contributed by atoms with van der Waals surface area (Å²) in [6.45, 7) is 0. The zero-order chi connectivity index (χ0) is 12.3. The molecule has 2 rings (SSSR count). The van der Waals surface area contributed by atoms with Crippen molar-refractivity contribution in [1.82, 2.24) is 15.2 Å². The Kier molecular flexibility index (Phi) is 2.95. The SMILES string of the molecule is CN(C(=O)c1ccc(N)nn1)c1cccnc1. The number of nitrogens with zero attached hydrogens (tertiary/aromatic N) is 4. The highest BCUT2D eigenvalue weighted by Gasteiger charge is 2.15. The Morgan fingerprint density at radius 1 is 1.29 bits per heavy atom. The number of amides is 1. The van der Waals surface area contributed by atoms with Crippen LogP contribution in [0.4, 0.5) is 11.5 Å². The smallest absolute Gasteiger partial charge is 0.278 e. The van der Waals surface area contributed by atoms with Crippen molar-refractivity contribution in [3.63, 3.8) is 0 Å². The van der Waals surface area contributed by atoms with Gasteiger partial charge in [-0.05, 0) is 24.3 Å². The van der Waals surface area contributed by atoms with E-state index in [0.29, 0.717) is 5.69 Å². The number of carbonyl (C=O) groups excluding carboxylic acids is 1. The molecule has 0 aliphatic rings. The molecule has 0 saturated carbocycles. The number of nitrogens with two attached hydrogens (primary N) is 1. The third-order valence-electron chi connectivity index (χ3n) is 2.24. The highest BCUT2D eigenvalue weighted by atomic mass is 16.2. The van der Waals surface area contributed by atoms with Crippen LogP contribution in [0.15, 0.2) is 36.7 Å². The molecule has 2 aromatic heterocycles. The number of nitrogen functional groups attached to an aromatic ring is 1. The molecule has 0 radical (unpaired) electrons. The van der Waals surface area contributed by atoms with E-state index in [-0.39, 0.29) is 17.4 Å². The summed E-state index contributed by atoms with van der Waals surface area (Å²) in [5, 5.41) is 7.38. The van der Waals surface area contributed by atoms with E-state index in [1.807, 2.05) is 0 Å². The molecule has 2 N–H and O–H groups in total. The van der Waals surface area contributed by atoms with Crippen molar-refractivity contribution in [2.45, 2.75) is 0 Å². The lowest BCUT2D eigenvalue weighted by molar-refractivity contribution is 0.0987. The van der Waals surface area contributed by atoms with Gasteiger partial charge < -0.3 is 10.6 Å². The summed E-state index contributed by atoms with van der Waals surface area (Å²) in [5.74, 6) is 0.0241. The summed E-state index contributed by atoms with van der Waals surface area (Å²) in [6.07, 6.45) is 3.24. The zero-order valence-corrected chi connectivity index (χ0v) is 9.24. The highest BCUT2D eigenvalue weighted by Crippen LogP contribution is 2.12. The van der Waals surface area contributed by atoms with Crippen molar-refractivity contribution in [2.24, 2.45) is 0 Å². The number of hydrogen-bond acceptors (Lipinski definition) is 5. The van der Waals surface area contributed by atoms with Crippen LogP contribution in [0.25, 0.3) is 0 Å². The van der Waals surface area contributed by atoms with Gasteiger partial charge in [0, 0.05) is 13.2 Å². The number of pyridine rings is 1. The standard InChI is InChI=1S/C11H11N5O/c1-16(8-3-2-6-13-7-8)11(17)9-4-5-10(12)15-14-9/h2-7H,1H3,(H2,12,15). The molecule has 1 amide bonds. The molecule has 0 atom stereocenters. The summed E-state index contributed by atoms with van der Waals surface area (Å²) in [7, 11) is 1.65. The van der Waals surface area contributed by atoms with Gasteiger partial charge in [0.05, 0.1) is 11.9 Å². The lowest BCUT2D eigenvalue weighted by atomic mass is 10.3. The molecule has 2 heterocycles. The second kappa shape index (κ2) is 4.56. The first kappa shape index (κ1) is 11.0. The van der Waals surface area contributed by atoms with E-state index in [2.05, 4.69) is 15.2 Å². The molecule has 6 heteroatoms. The third-order valence-corrected chi connectivity index (χ3v) is 2.24. The van der Waals surface area contributed by atoms with Crippen LogP contribution in [-0.4, -0.2) is 28.1 Å². The van der Waals surface area contributed by atoms with E-state index in [1.54, 1.807) is 31.6 Å². The van der Waals surface area contributed by atoms with E-state index in [9.17, 15) is 4.79 Å². The normalized spacial score (nSPS) is 9.94. The maximum Gasteiger partial charge on any atom is 0.278 e. The number of carbonyl (C=O) groups is 1. The first-order valence-corrected chi connectivity index (χ1v) is 4.96. The van der Waals surface area contributed by atoms with Gasteiger partial charge in [-0.3, -0.25) is 9.78 Å². The van der Waals surface area contributed by atoms with Gasteiger partial charge in [0.1, 0.15) is 5.82 Å². The Bertz CT molecular complexity index is 511. The summed E-state index contributed by atoms with van der Waals surface area (Å²) in [4.78, 5) is 17.4. The average molecular weight is 229 g/mol. The summed E-state index contributed by atoms with van der Waals surface area (Å²) >= 11 is 0. The molecule has 0 saturated heterocycles. The number of anilines is 2. The Labute approximate surface area is 98.1 Å². The molecular weight excluding hydrogens is 218 g/mol. The quantitative estimate of drug-likeness (QED) is 0.820. The van der Waals surface area contributed by atoms with E-state index in [0.717, 1.165) is 0 Å². The van der Waals surface area contributed by atoms with Crippen LogP contribution < -0.4 is 10.6 Å². The fraction of sp³-hybridized carbons (Fsp3) is 0.0909. The van der Waals surface area contributed by atoms with Gasteiger partial charge in [-0.1, -0.05) is 0 Å². The van der Waals surface area contributed by atoms with Gasteiger partial charge in [-0.2, -0.15) is 0 Å². The molecule has 86 valence electrons. The fourth-order valence-corrected chi connectivity index (χ4v) is 1.30. The first-order valence-electron chi connectivity index (χ1n) is 4.96. The molecule has 0 aromatic carbocycles. The number of aromatic nitrogens is 3. The Morgan fingerprint density at radius 3 is 2.71 bits per heavy atom. The molecule has 0 aliphatic carbocycles. The zero-order valence-electron chi connectivity index (χ0n) is 9.24. The van der Waals surface area contributed by atoms with E-state index in [1.165, 1.54) is 17.0 Å². The van der Waals surface area contributed by atoms with Crippen molar-refractivity contribution in [3.8, 4) is 0 Å². The van der Waals surface area contributed by atoms with Crippen LogP contribution in [0.5, 0.6) is 0 Å². The summed E-state index contributed by atoms with van der Waals surface area (Å²) in [6, 6.07) is 6.62. The molecular formula is C11H11N5O. The molecule has 6 nitrogen and oxygen atoms in total. The van der Waals surface area contributed by atoms with E-state index in [4.69, 9.17) is 5.73 Å². The van der Waals surface area contributed by atoms with Crippen LogP contribution >= 0.6 is 0 Å². The number of rotatable bonds is 2. The average Bonchev–Trinajstić information content (AvgIpc) is 2.39. The largest absolute Gasteiger partial charge is 0.382 e. The van der Waals surface area contributed by atoms with Crippen molar-refractivity contribution >= 4 is 17.4 Å². The van der Waals surface area contributed by atoms with Crippen molar-refractivity contribution in [3.05, 3.63) is 42.4 Å². The number of hydrogen-bond donors (Lipinski definition) is 1. The maximum absolute atomic E-state index is 12.0. The molecule has 17 heavy (non-hydrogen) atoms. The van der Waals surface area contributed by atoms with E-state index < -0.39 is 0 Å². The molecule has 0 aliphatic heterocycles. The van der Waals surface area contributed by atoms with Crippen LogP contribution in [0.1, 0.15) is 10.5 Å². The van der Waals surface area contributed by atoms with Crippen LogP contribution in [0, 0.1) is 0 Å². The molecule has 0 spiro atoms. The van der Waals surface area contributed by atoms with E-state index >= 15 is 0 Å². The highest BCUT2D eigenvalue weighted by molar-refractivity contribution is 6.04. The Morgan fingerprint density at radius 2 is 2.12 bits per heavy atom. The summed E-state index contributed by atoms with van der Waals surface area (Å²) in [5.41, 5.74) is 6.34. The second-order valence-corrected chi connectivity index (χ2v) is 3.42. The van der Waals surface area contributed by atoms with Crippen LogP contribution in [-0.2, 0) is 0 Å². The van der Waals surface area contributed by atoms with Crippen molar-refractivity contribution in [1.29, 1.82) is 0 Å². The van der Waals surface area contributed by atoms with Crippen LogP contribution in [0.2, 0.25) is 0 Å². The van der Waals surface area contributed by atoms with Gasteiger partial charge in [0.25, 0.3) is 5.91 Å². The minimum absolute atomic E-state index is 0.241. The van der Waals surface area contributed by atoms with Gasteiger partial charge in [0.15, 0.2) is 5.69 Å². The molecule has 0 unspecified atom stereocenters. The topological polar surface area (TPSA) is 85.0 Å². The van der Waals surface area contributed by atoms with Gasteiger partial charge in [-0.15, -0.1) is 10.2 Å². The summed E-state index contributed by atoms with van der Waals surface area (Å²) < 4.78 is 0. The lowest BCUT2D eigenvalue weighted by Crippen LogP contribution is -2.27. The molecule has 0 bridgehead atoms. The molecule has 2 aromatic rings. The predicted molar refractivity (Wildman–Crippen MR) is 63.4 cm³/mol. The third kappa shape index (κ3) is 2.36. The molecule has 0 fully saturated rings. The second-order valence-electron chi connectivity index (χ2n) is 3.42. The minimum Gasteiger partial charge on any atom is -0.382 e. The minimum atomic E-state index is -0.259. The van der Waals surface area contributed by atoms with Gasteiger partial charge >= 0.3 is 0 Å². The first-order chi connectivity index (χ1) is 8.18. The monoisotopic (exact) mass is 229 g/mol. The van der Waals surface area contributed by atoms with Crippen LogP contribution in [0.3, 0.4) is 0 Å².